The van der Waals surface area contributed by atoms with Crippen LogP contribution in [0.3, 0.4) is 0 Å². The van der Waals surface area contributed by atoms with Gasteiger partial charge in [-0.05, 0) is 91.1 Å². The van der Waals surface area contributed by atoms with E-state index in [0.717, 1.165) is 48.4 Å². The first-order chi connectivity index (χ1) is 15.4. The summed E-state index contributed by atoms with van der Waals surface area (Å²) in [5, 5.41) is 0. The summed E-state index contributed by atoms with van der Waals surface area (Å²) in [5.74, 6) is -0.695. The summed E-state index contributed by atoms with van der Waals surface area (Å²) in [6.07, 6.45) is 7.52. The van der Waals surface area contributed by atoms with Crippen LogP contribution in [0.25, 0.3) is 0 Å². The molecule has 3 aromatic rings. The van der Waals surface area contributed by atoms with E-state index in [2.05, 4.69) is 4.98 Å². The fourth-order valence-electron chi connectivity index (χ4n) is 4.39. The molecule has 0 fully saturated rings. The number of sulfone groups is 1. The number of rotatable bonds is 6. The van der Waals surface area contributed by atoms with Crippen molar-refractivity contribution in [3.8, 4) is 0 Å². The third-order valence-electron chi connectivity index (χ3n) is 6.04. The summed E-state index contributed by atoms with van der Waals surface area (Å²) in [6.45, 7) is 0. The number of halogens is 1. The van der Waals surface area contributed by atoms with E-state index in [-0.39, 0.29) is 21.7 Å². The Hall–Kier alpha value is -3.06. The first-order valence-electron chi connectivity index (χ1n) is 10.5. The number of aromatic nitrogens is 1. The van der Waals surface area contributed by atoms with E-state index in [1.165, 1.54) is 25.3 Å². The summed E-state index contributed by atoms with van der Waals surface area (Å²) in [6, 6.07) is 12.0. The zero-order chi connectivity index (χ0) is 22.7. The zero-order valence-corrected chi connectivity index (χ0v) is 18.6. The maximum Gasteiger partial charge on any atom is 0.338 e. The van der Waals surface area contributed by atoms with Gasteiger partial charge in [0.1, 0.15) is 5.82 Å². The van der Waals surface area contributed by atoms with Crippen molar-refractivity contribution in [3.63, 3.8) is 0 Å². The molecule has 0 bridgehead atoms. The van der Waals surface area contributed by atoms with E-state index in [4.69, 9.17) is 4.74 Å². The summed E-state index contributed by atoms with van der Waals surface area (Å²) in [7, 11) is -2.42. The van der Waals surface area contributed by atoms with Gasteiger partial charge in [0.15, 0.2) is 0 Å². The second-order valence-corrected chi connectivity index (χ2v) is 9.92. The molecule has 0 saturated carbocycles. The molecule has 1 heterocycles. The number of fused-ring (bicyclic) bond motifs is 1. The fourth-order valence-corrected chi connectivity index (χ4v) is 5.74. The van der Waals surface area contributed by atoms with Crippen LogP contribution in [-0.4, -0.2) is 26.5 Å². The Bertz CT molecular complexity index is 1260. The number of aryl methyl sites for hydroxylation is 2. The molecule has 1 aliphatic carbocycles. The van der Waals surface area contributed by atoms with Crippen LogP contribution in [0.5, 0.6) is 0 Å². The lowest BCUT2D eigenvalue weighted by Crippen LogP contribution is -2.13. The van der Waals surface area contributed by atoms with Crippen LogP contribution in [0.15, 0.2) is 70.7 Å². The van der Waals surface area contributed by atoms with Gasteiger partial charge in [0.25, 0.3) is 0 Å². The third kappa shape index (κ3) is 4.43. The van der Waals surface area contributed by atoms with Gasteiger partial charge >= 0.3 is 5.97 Å². The molecule has 1 aromatic heterocycles. The van der Waals surface area contributed by atoms with Crippen LogP contribution in [-0.2, 0) is 27.4 Å². The minimum absolute atomic E-state index is 0.0447. The average Bonchev–Trinajstić information content (AvgIpc) is 2.82. The molecule has 0 spiro atoms. The van der Waals surface area contributed by atoms with E-state index >= 15 is 0 Å². The van der Waals surface area contributed by atoms with E-state index in [0.29, 0.717) is 12.0 Å². The summed E-state index contributed by atoms with van der Waals surface area (Å²) < 4.78 is 44.4. The molecule has 5 nitrogen and oxygen atoms in total. The largest absolute Gasteiger partial charge is 0.465 e. The number of carbonyl (C=O) groups is 1. The molecule has 4 rings (SSSR count). The summed E-state index contributed by atoms with van der Waals surface area (Å²) >= 11 is 0. The molecule has 32 heavy (non-hydrogen) atoms. The molecule has 1 unspecified atom stereocenters. The number of esters is 1. The van der Waals surface area contributed by atoms with Gasteiger partial charge in [-0.2, -0.15) is 0 Å². The van der Waals surface area contributed by atoms with E-state index in [1.807, 2.05) is 6.07 Å². The molecule has 7 heteroatoms. The van der Waals surface area contributed by atoms with Crippen LogP contribution in [0, 0.1) is 5.82 Å². The highest BCUT2D eigenvalue weighted by Crippen LogP contribution is 2.37. The van der Waals surface area contributed by atoms with Gasteiger partial charge in [0, 0.05) is 12.4 Å². The topological polar surface area (TPSA) is 73.3 Å². The molecular weight excluding hydrogens is 429 g/mol. The number of nitrogens with zero attached hydrogens (tertiary/aromatic N) is 1. The number of methoxy groups -OCH3 is 1. The number of hydrogen-bond acceptors (Lipinski definition) is 5. The zero-order valence-electron chi connectivity index (χ0n) is 17.8. The first kappa shape index (κ1) is 22.1. The van der Waals surface area contributed by atoms with Crippen LogP contribution >= 0.6 is 0 Å². The van der Waals surface area contributed by atoms with Crippen molar-refractivity contribution in [2.45, 2.75) is 47.8 Å². The molecule has 2 aromatic carbocycles. The van der Waals surface area contributed by atoms with Crippen LogP contribution in [0.4, 0.5) is 4.39 Å². The fraction of sp³-hybridized carbons (Fsp3) is 0.280. The highest BCUT2D eigenvalue weighted by atomic mass is 32.2. The number of hydrogen-bond donors (Lipinski definition) is 0. The van der Waals surface area contributed by atoms with Crippen molar-refractivity contribution >= 4 is 15.8 Å². The van der Waals surface area contributed by atoms with Gasteiger partial charge in [0.05, 0.1) is 22.5 Å². The molecule has 1 atom stereocenters. The monoisotopic (exact) mass is 453 g/mol. The van der Waals surface area contributed by atoms with Crippen molar-refractivity contribution in [2.24, 2.45) is 0 Å². The Balaban J connectivity index is 1.58. The van der Waals surface area contributed by atoms with Crippen molar-refractivity contribution in [3.05, 3.63) is 89.0 Å². The van der Waals surface area contributed by atoms with Crippen LogP contribution in [0.2, 0.25) is 0 Å². The summed E-state index contributed by atoms with van der Waals surface area (Å²) in [5.41, 5.74) is 3.52. The Kier molecular flexibility index (Phi) is 6.37. The number of benzene rings is 2. The van der Waals surface area contributed by atoms with E-state index in [9.17, 15) is 17.6 Å². The molecule has 166 valence electrons. The van der Waals surface area contributed by atoms with Crippen LogP contribution in [0.1, 0.15) is 52.2 Å². The maximum absolute atomic E-state index is 13.6. The SMILES string of the molecule is COC(=O)c1ccncc1CCC1CCCc2cc(S(=O)(=O)c3cccc(F)c3)ccc21. The van der Waals surface area contributed by atoms with Crippen LogP contribution < -0.4 is 0 Å². The molecular formula is C25H24FNO4S. The Morgan fingerprint density at radius 3 is 2.75 bits per heavy atom. The predicted octanol–water partition coefficient (Wildman–Crippen LogP) is 4.89. The minimum Gasteiger partial charge on any atom is -0.465 e. The van der Waals surface area contributed by atoms with Gasteiger partial charge in [-0.3, -0.25) is 4.98 Å². The normalized spacial score (nSPS) is 15.8. The highest BCUT2D eigenvalue weighted by Gasteiger charge is 2.25. The number of pyridine rings is 1. The predicted molar refractivity (Wildman–Crippen MR) is 118 cm³/mol. The van der Waals surface area contributed by atoms with Gasteiger partial charge in [0.2, 0.25) is 9.84 Å². The van der Waals surface area contributed by atoms with Gasteiger partial charge in [-0.15, -0.1) is 0 Å². The Morgan fingerprint density at radius 1 is 1.16 bits per heavy atom. The molecule has 0 N–H and O–H groups in total. The Labute approximate surface area is 187 Å². The maximum atomic E-state index is 13.6. The highest BCUT2D eigenvalue weighted by molar-refractivity contribution is 7.91. The van der Waals surface area contributed by atoms with Crippen molar-refractivity contribution in [1.82, 2.24) is 4.98 Å². The molecule has 0 aliphatic heterocycles. The molecule has 0 saturated heterocycles. The third-order valence-corrected chi connectivity index (χ3v) is 7.79. The van der Waals surface area contributed by atoms with Gasteiger partial charge in [-0.25, -0.2) is 17.6 Å². The average molecular weight is 454 g/mol. The van der Waals surface area contributed by atoms with E-state index < -0.39 is 15.7 Å². The van der Waals surface area contributed by atoms with Crippen molar-refractivity contribution in [1.29, 1.82) is 0 Å². The van der Waals surface area contributed by atoms with E-state index in [1.54, 1.807) is 30.6 Å². The lowest BCUT2D eigenvalue weighted by Gasteiger charge is -2.26. The quantitative estimate of drug-likeness (QED) is 0.497. The van der Waals surface area contributed by atoms with Gasteiger partial charge < -0.3 is 4.74 Å². The standard InChI is InChI=1S/C25H24FNO4S/c1-31-25(28)24-12-13-27-16-19(24)9-8-17-4-2-5-18-14-22(10-11-23(17)18)32(29,30)21-7-3-6-20(26)15-21/h3,6-7,10-17H,2,4-5,8-9H2,1H3. The lowest BCUT2D eigenvalue weighted by atomic mass is 9.80. The smallest absolute Gasteiger partial charge is 0.338 e. The second-order valence-electron chi connectivity index (χ2n) is 7.97. The number of carbonyl (C=O) groups excluding carboxylic acids is 1. The molecule has 0 amide bonds. The first-order valence-corrected chi connectivity index (χ1v) is 12.0. The van der Waals surface area contributed by atoms with Crippen molar-refractivity contribution in [2.75, 3.05) is 7.11 Å². The minimum atomic E-state index is -3.79. The lowest BCUT2D eigenvalue weighted by molar-refractivity contribution is 0.0599. The molecule has 0 radical (unpaired) electrons. The summed E-state index contributed by atoms with van der Waals surface area (Å²) in [4.78, 5) is 16.3. The second kappa shape index (κ2) is 9.20. The Morgan fingerprint density at radius 2 is 1.97 bits per heavy atom. The van der Waals surface area contributed by atoms with Crippen molar-refractivity contribution < 1.29 is 22.3 Å². The number of ether oxygens (including phenoxy) is 1. The van der Waals surface area contributed by atoms with Gasteiger partial charge in [-0.1, -0.05) is 12.1 Å². The molecule has 1 aliphatic rings.